The number of rotatable bonds is 5. The van der Waals surface area contributed by atoms with Crippen LogP contribution in [0.25, 0.3) is 28.4 Å². The summed E-state index contributed by atoms with van der Waals surface area (Å²) in [6, 6.07) is 14.7. The summed E-state index contributed by atoms with van der Waals surface area (Å²) in [5.74, 6) is -0.211. The second-order valence-electron chi connectivity index (χ2n) is 7.51. The van der Waals surface area contributed by atoms with Crippen LogP contribution in [0, 0.1) is 0 Å². The van der Waals surface area contributed by atoms with Gasteiger partial charge in [-0.15, -0.1) is 0 Å². The number of carbonyl (C=O) groups is 1. The van der Waals surface area contributed by atoms with Crippen molar-refractivity contribution in [3.63, 3.8) is 0 Å². The summed E-state index contributed by atoms with van der Waals surface area (Å²) in [4.78, 5) is 21.6. The van der Waals surface area contributed by atoms with Gasteiger partial charge in [0.05, 0.1) is 11.0 Å². The molecule has 166 valence electrons. The first-order valence-electron chi connectivity index (χ1n) is 10.9. The third-order valence-electron chi connectivity index (χ3n) is 5.19. The number of imidazole rings is 1. The van der Waals surface area contributed by atoms with E-state index in [-0.39, 0.29) is 17.1 Å². The van der Waals surface area contributed by atoms with Gasteiger partial charge in [-0.1, -0.05) is 110 Å². The van der Waals surface area contributed by atoms with Crippen LogP contribution >= 0.6 is 0 Å². The summed E-state index contributed by atoms with van der Waals surface area (Å²) in [5.41, 5.74) is 3.31. The van der Waals surface area contributed by atoms with Crippen LogP contribution in [0.2, 0.25) is 0 Å². The Balaban J connectivity index is 1.89. The van der Waals surface area contributed by atoms with Crippen LogP contribution < -0.4 is 0 Å². The van der Waals surface area contributed by atoms with E-state index in [0.717, 1.165) is 11.1 Å². The Hall–Kier alpha value is -4.70. The van der Waals surface area contributed by atoms with Crippen LogP contribution in [0.5, 0.6) is 0 Å². The number of fused-ring (bicyclic) bond motifs is 1. The first kappa shape index (κ1) is 22.5. The Labute approximate surface area is 198 Å². The Morgan fingerprint density at radius 2 is 1.59 bits per heavy atom. The third-order valence-corrected chi connectivity index (χ3v) is 5.19. The Bertz CT molecular complexity index is 1410. The molecular weight excluding hydrogens is 420 g/mol. The van der Waals surface area contributed by atoms with E-state index in [0.29, 0.717) is 22.5 Å². The fourth-order valence-corrected chi connectivity index (χ4v) is 3.47. The molecule has 34 heavy (non-hydrogen) atoms. The van der Waals surface area contributed by atoms with Crippen molar-refractivity contribution in [3.05, 3.63) is 144 Å². The minimum Gasteiger partial charge on any atom is -0.506 e. The Morgan fingerprint density at radius 1 is 0.882 bits per heavy atom. The minimum atomic E-state index is -0.355. The number of para-hydroxylation sites is 2. The molecule has 0 amide bonds. The average molecular weight is 445 g/mol. The Morgan fingerprint density at radius 3 is 2.32 bits per heavy atom. The molecule has 0 aliphatic heterocycles. The molecule has 4 nitrogen and oxygen atoms in total. The molecule has 0 bridgehead atoms. The monoisotopic (exact) mass is 444 g/mol. The van der Waals surface area contributed by atoms with Crippen LogP contribution in [0.4, 0.5) is 0 Å². The predicted octanol–water partition coefficient (Wildman–Crippen LogP) is 6.92. The topological polar surface area (TPSA) is 66.0 Å². The van der Waals surface area contributed by atoms with Crippen LogP contribution in [-0.4, -0.2) is 20.9 Å². The van der Waals surface area contributed by atoms with Crippen LogP contribution in [0.1, 0.15) is 17.0 Å². The molecule has 0 saturated heterocycles. The number of allylic oxidation sites excluding steroid dienone is 13. The molecule has 3 aromatic rings. The van der Waals surface area contributed by atoms with Crippen molar-refractivity contribution in [2.24, 2.45) is 0 Å². The van der Waals surface area contributed by atoms with Gasteiger partial charge in [-0.2, -0.15) is 0 Å². The molecule has 1 aliphatic rings. The van der Waals surface area contributed by atoms with E-state index in [2.05, 4.69) is 16.5 Å². The summed E-state index contributed by atoms with van der Waals surface area (Å²) in [5, 5.41) is 11.3. The number of ketones is 1. The van der Waals surface area contributed by atoms with Gasteiger partial charge >= 0.3 is 0 Å². The molecule has 1 heterocycles. The van der Waals surface area contributed by atoms with Crippen molar-refractivity contribution < 1.29 is 9.90 Å². The summed E-state index contributed by atoms with van der Waals surface area (Å²) in [6.45, 7) is 3.80. The van der Waals surface area contributed by atoms with E-state index >= 15 is 0 Å². The average Bonchev–Trinajstić information content (AvgIpc) is 3.28. The summed E-state index contributed by atoms with van der Waals surface area (Å²) in [7, 11) is 0. The van der Waals surface area contributed by atoms with Gasteiger partial charge in [0, 0.05) is 11.1 Å². The van der Waals surface area contributed by atoms with Crippen molar-refractivity contribution >= 4 is 34.2 Å². The van der Waals surface area contributed by atoms with Crippen LogP contribution in [0.15, 0.2) is 128 Å². The number of hydrogen-bond donors (Lipinski definition) is 2. The van der Waals surface area contributed by atoms with Gasteiger partial charge in [0.1, 0.15) is 17.2 Å². The van der Waals surface area contributed by atoms with E-state index in [1.165, 1.54) is 0 Å². The second-order valence-corrected chi connectivity index (χ2v) is 7.51. The number of carbonyl (C=O) groups excluding carboxylic acids is 1. The molecule has 4 rings (SSSR count). The van der Waals surface area contributed by atoms with Gasteiger partial charge < -0.3 is 10.1 Å². The van der Waals surface area contributed by atoms with Gasteiger partial charge in [-0.05, 0) is 23.8 Å². The fourth-order valence-electron chi connectivity index (χ4n) is 3.47. The van der Waals surface area contributed by atoms with Gasteiger partial charge in [0.25, 0.3) is 0 Å². The van der Waals surface area contributed by atoms with Crippen LogP contribution in [-0.2, 0) is 4.79 Å². The quantitative estimate of drug-likeness (QED) is 0.331. The zero-order valence-corrected chi connectivity index (χ0v) is 18.6. The molecule has 0 unspecified atom stereocenters. The second kappa shape index (κ2) is 10.7. The molecule has 0 atom stereocenters. The summed E-state index contributed by atoms with van der Waals surface area (Å²) >= 11 is 0. The van der Waals surface area contributed by atoms with Crippen molar-refractivity contribution in [1.29, 1.82) is 0 Å². The maximum absolute atomic E-state index is 13.9. The van der Waals surface area contributed by atoms with E-state index in [4.69, 9.17) is 0 Å². The summed E-state index contributed by atoms with van der Waals surface area (Å²) in [6.07, 6.45) is 21.9. The number of H-pyrrole nitrogens is 1. The number of hydrogen-bond acceptors (Lipinski definition) is 3. The molecule has 0 spiro atoms. The number of aliphatic hydroxyl groups excluding tert-OH is 1. The number of nitrogens with zero attached hydrogens (tertiary/aromatic N) is 1. The first-order valence-corrected chi connectivity index (χ1v) is 10.9. The van der Waals surface area contributed by atoms with Gasteiger partial charge in [0.15, 0.2) is 0 Å². The SMILES string of the molecule is C=Cc1cccc(C(O)=C(C(=O)C2=C/C=C\C=C/C=C\C=C/C=C\2)c2nc3ccccc3[nH]2)c1. The Kier molecular flexibility index (Phi) is 7.11. The van der Waals surface area contributed by atoms with Gasteiger partial charge in [0.2, 0.25) is 5.78 Å². The molecule has 1 aromatic heterocycles. The number of Topliss-reactive ketones (excluding diaryl/α,β-unsaturated/α-hetero) is 1. The maximum Gasteiger partial charge on any atom is 0.200 e. The smallest absolute Gasteiger partial charge is 0.200 e. The third kappa shape index (κ3) is 5.19. The molecular formula is C30H24N2O2. The first-order chi connectivity index (χ1) is 16.7. The predicted molar refractivity (Wildman–Crippen MR) is 141 cm³/mol. The molecule has 0 fully saturated rings. The van der Waals surface area contributed by atoms with Gasteiger partial charge in [-0.25, -0.2) is 4.98 Å². The molecule has 0 saturated carbocycles. The highest BCUT2D eigenvalue weighted by molar-refractivity contribution is 6.33. The number of benzene rings is 2. The highest BCUT2D eigenvalue weighted by Crippen LogP contribution is 2.29. The van der Waals surface area contributed by atoms with Crippen molar-refractivity contribution in [2.45, 2.75) is 0 Å². The molecule has 2 N–H and O–H groups in total. The zero-order valence-electron chi connectivity index (χ0n) is 18.6. The van der Waals surface area contributed by atoms with Gasteiger partial charge in [-0.3, -0.25) is 4.79 Å². The minimum absolute atomic E-state index is 0.0909. The lowest BCUT2D eigenvalue weighted by molar-refractivity contribution is -0.110. The number of aromatic nitrogens is 2. The largest absolute Gasteiger partial charge is 0.506 e. The number of aromatic amines is 1. The maximum atomic E-state index is 13.9. The number of nitrogens with one attached hydrogen (secondary N) is 1. The fraction of sp³-hybridized carbons (Fsp3) is 0. The van der Waals surface area contributed by atoms with E-state index < -0.39 is 0 Å². The lowest BCUT2D eigenvalue weighted by Crippen LogP contribution is -2.09. The van der Waals surface area contributed by atoms with Crippen molar-refractivity contribution in [2.75, 3.05) is 0 Å². The normalized spacial score (nSPS) is 20.5. The van der Waals surface area contributed by atoms with Crippen molar-refractivity contribution in [3.8, 4) is 0 Å². The van der Waals surface area contributed by atoms with Crippen LogP contribution in [0.3, 0.4) is 0 Å². The molecule has 1 aliphatic carbocycles. The highest BCUT2D eigenvalue weighted by atomic mass is 16.3. The van der Waals surface area contributed by atoms with E-state index in [1.54, 1.807) is 42.5 Å². The molecule has 2 aromatic carbocycles. The number of aliphatic hydroxyl groups is 1. The lowest BCUT2D eigenvalue weighted by Gasteiger charge is -2.10. The standard InChI is InChI=1S/C30H24N2O2/c1-2-22-15-14-18-24(21-22)29(34)27(30-31-25-19-12-13-20-26(25)32-30)28(33)23-16-10-8-6-4-3-5-7-9-11-17-23/h2-21,34H,1H2,(H,31,32)/b4-3-,5-3?,6-4?,7-5-,8-6-,9-7?,10-8?,11-9-,16-10-,17-11?,23-16?,23-17+,29-27?. The zero-order chi connectivity index (χ0) is 23.8. The van der Waals surface area contributed by atoms with E-state index in [1.807, 2.05) is 78.9 Å². The summed E-state index contributed by atoms with van der Waals surface area (Å²) < 4.78 is 0. The highest BCUT2D eigenvalue weighted by Gasteiger charge is 2.24. The molecule has 0 radical (unpaired) electrons. The molecule has 4 heteroatoms. The lowest BCUT2D eigenvalue weighted by atomic mass is 9.97. The van der Waals surface area contributed by atoms with E-state index in [9.17, 15) is 9.90 Å². The van der Waals surface area contributed by atoms with Crippen molar-refractivity contribution in [1.82, 2.24) is 9.97 Å².